The molecule has 7 nitrogen and oxygen atoms in total. The molecule has 0 saturated carbocycles. The highest BCUT2D eigenvalue weighted by Gasteiger charge is 2.27. The first-order chi connectivity index (χ1) is 12.1. The standard InChI is InChI=1S/C17H16N4O3S/c22-16-13-10-12(17(23)24)19-21(13)9-8-20(16)7-3-6-15-18-11-4-1-2-5-14(11)25-15/h1-2,4-5,10H,3,6-9H2,(H,23,24). The predicted molar refractivity (Wildman–Crippen MR) is 93.0 cm³/mol. The third-order valence-electron chi connectivity index (χ3n) is 4.24. The van der Waals surface area contributed by atoms with E-state index in [1.807, 2.05) is 18.2 Å². The number of carbonyl (C=O) groups is 2. The number of carboxylic acid groups (broad SMARTS) is 1. The van der Waals surface area contributed by atoms with Gasteiger partial charge in [0.05, 0.1) is 21.8 Å². The number of aromatic carboxylic acids is 1. The molecular formula is C17H16N4O3S. The van der Waals surface area contributed by atoms with E-state index in [9.17, 15) is 9.59 Å². The highest BCUT2D eigenvalue weighted by atomic mass is 32.1. The molecule has 3 aromatic rings. The van der Waals surface area contributed by atoms with Crippen LogP contribution in [0.2, 0.25) is 0 Å². The molecule has 1 aliphatic rings. The van der Waals surface area contributed by atoms with Crippen LogP contribution >= 0.6 is 11.3 Å². The van der Waals surface area contributed by atoms with Crippen LogP contribution in [-0.2, 0) is 13.0 Å². The number of aryl methyl sites for hydroxylation is 1. The zero-order valence-corrected chi connectivity index (χ0v) is 14.2. The van der Waals surface area contributed by atoms with Gasteiger partial charge < -0.3 is 10.0 Å². The maximum Gasteiger partial charge on any atom is 0.356 e. The van der Waals surface area contributed by atoms with Crippen molar-refractivity contribution in [3.05, 3.63) is 46.7 Å². The SMILES string of the molecule is O=C(O)c1cc2n(n1)CCN(CCCc1nc3ccccc3s1)C2=O. The second-order valence-corrected chi connectivity index (χ2v) is 7.03. The topological polar surface area (TPSA) is 88.3 Å². The molecule has 0 unspecified atom stereocenters. The first-order valence-corrected chi connectivity index (χ1v) is 8.88. The summed E-state index contributed by atoms with van der Waals surface area (Å²) in [4.78, 5) is 29.9. The zero-order valence-electron chi connectivity index (χ0n) is 13.4. The monoisotopic (exact) mass is 356 g/mol. The van der Waals surface area contributed by atoms with Crippen molar-refractivity contribution in [1.29, 1.82) is 0 Å². The van der Waals surface area contributed by atoms with Gasteiger partial charge in [-0.3, -0.25) is 9.48 Å². The summed E-state index contributed by atoms with van der Waals surface area (Å²) in [6.45, 7) is 1.70. The van der Waals surface area contributed by atoms with Gasteiger partial charge in [-0.05, 0) is 18.6 Å². The quantitative estimate of drug-likeness (QED) is 0.758. The highest BCUT2D eigenvalue weighted by molar-refractivity contribution is 7.18. The van der Waals surface area contributed by atoms with Crippen molar-refractivity contribution in [3.8, 4) is 0 Å². The van der Waals surface area contributed by atoms with Crippen LogP contribution < -0.4 is 0 Å². The first-order valence-electron chi connectivity index (χ1n) is 8.07. The Balaban J connectivity index is 1.39. The lowest BCUT2D eigenvalue weighted by atomic mass is 10.2. The van der Waals surface area contributed by atoms with Crippen LogP contribution in [0.4, 0.5) is 0 Å². The number of thiazole rings is 1. The number of hydrogen-bond acceptors (Lipinski definition) is 5. The maximum atomic E-state index is 12.5. The van der Waals surface area contributed by atoms with Gasteiger partial charge in [0.1, 0.15) is 5.69 Å². The molecule has 0 aliphatic carbocycles. The molecule has 1 aliphatic heterocycles. The Kier molecular flexibility index (Phi) is 3.96. The number of amides is 1. The van der Waals surface area contributed by atoms with Gasteiger partial charge in [-0.1, -0.05) is 12.1 Å². The summed E-state index contributed by atoms with van der Waals surface area (Å²) >= 11 is 1.69. The number of para-hydroxylation sites is 1. The fourth-order valence-corrected chi connectivity index (χ4v) is 4.01. The number of rotatable bonds is 5. The molecule has 0 spiro atoms. The van der Waals surface area contributed by atoms with Crippen molar-refractivity contribution < 1.29 is 14.7 Å². The predicted octanol–water partition coefficient (Wildman–Crippen LogP) is 2.28. The van der Waals surface area contributed by atoms with E-state index in [2.05, 4.69) is 16.1 Å². The van der Waals surface area contributed by atoms with Crippen LogP contribution in [0.3, 0.4) is 0 Å². The van der Waals surface area contributed by atoms with Gasteiger partial charge in [0.15, 0.2) is 5.69 Å². The van der Waals surface area contributed by atoms with Crippen LogP contribution in [-0.4, -0.2) is 49.7 Å². The van der Waals surface area contributed by atoms with E-state index in [1.54, 1.807) is 16.2 Å². The molecular weight excluding hydrogens is 340 g/mol. The number of hydrogen-bond donors (Lipinski definition) is 1. The minimum absolute atomic E-state index is 0.0836. The second-order valence-electron chi connectivity index (χ2n) is 5.91. The van der Waals surface area contributed by atoms with Crippen molar-refractivity contribution in [1.82, 2.24) is 19.7 Å². The minimum atomic E-state index is -1.11. The Bertz CT molecular complexity index is 929. The average molecular weight is 356 g/mol. The van der Waals surface area contributed by atoms with Crippen LogP contribution in [0.1, 0.15) is 32.4 Å². The van der Waals surface area contributed by atoms with E-state index in [-0.39, 0.29) is 11.6 Å². The Morgan fingerprint density at radius 3 is 2.92 bits per heavy atom. The lowest BCUT2D eigenvalue weighted by Gasteiger charge is -2.27. The number of nitrogens with zero attached hydrogens (tertiary/aromatic N) is 4. The molecule has 1 N–H and O–H groups in total. The lowest BCUT2D eigenvalue weighted by Crippen LogP contribution is -2.41. The van der Waals surface area contributed by atoms with E-state index in [1.165, 1.54) is 15.4 Å². The number of carbonyl (C=O) groups excluding carboxylic acids is 1. The van der Waals surface area contributed by atoms with Crippen molar-refractivity contribution in [2.75, 3.05) is 13.1 Å². The summed E-state index contributed by atoms with van der Waals surface area (Å²) in [5.41, 5.74) is 1.28. The second kappa shape index (κ2) is 6.29. The first kappa shape index (κ1) is 15.8. The van der Waals surface area contributed by atoms with Crippen molar-refractivity contribution >= 4 is 33.4 Å². The third-order valence-corrected chi connectivity index (χ3v) is 5.34. The Morgan fingerprint density at radius 2 is 2.12 bits per heavy atom. The number of aromatic nitrogens is 3. The molecule has 1 aromatic carbocycles. The lowest BCUT2D eigenvalue weighted by molar-refractivity contribution is 0.0676. The van der Waals surface area contributed by atoms with Crippen LogP contribution in [0.25, 0.3) is 10.2 Å². The maximum absolute atomic E-state index is 12.5. The van der Waals surface area contributed by atoms with Gasteiger partial charge in [0.2, 0.25) is 0 Å². The molecule has 3 heterocycles. The summed E-state index contributed by atoms with van der Waals surface area (Å²) in [5, 5.41) is 14.0. The largest absolute Gasteiger partial charge is 0.476 e. The van der Waals surface area contributed by atoms with Crippen LogP contribution in [0.15, 0.2) is 30.3 Å². The Labute approximate surface area is 147 Å². The molecule has 0 radical (unpaired) electrons. The fourth-order valence-electron chi connectivity index (χ4n) is 3.00. The summed E-state index contributed by atoms with van der Waals surface area (Å²) in [5.74, 6) is -1.27. The van der Waals surface area contributed by atoms with E-state index in [0.29, 0.717) is 25.3 Å². The van der Waals surface area contributed by atoms with Gasteiger partial charge in [-0.15, -0.1) is 11.3 Å². The van der Waals surface area contributed by atoms with Crippen LogP contribution in [0.5, 0.6) is 0 Å². The van der Waals surface area contributed by atoms with Crippen LogP contribution in [0, 0.1) is 0 Å². The van der Waals surface area contributed by atoms with Crippen molar-refractivity contribution in [2.24, 2.45) is 0 Å². The number of benzene rings is 1. The molecule has 4 rings (SSSR count). The molecule has 8 heteroatoms. The summed E-state index contributed by atoms with van der Waals surface area (Å²) in [7, 11) is 0. The van der Waals surface area contributed by atoms with Gasteiger partial charge in [-0.25, -0.2) is 9.78 Å². The van der Waals surface area contributed by atoms with Gasteiger partial charge in [0, 0.05) is 25.6 Å². The Hall–Kier alpha value is -2.74. The van der Waals surface area contributed by atoms with E-state index >= 15 is 0 Å². The zero-order chi connectivity index (χ0) is 17.4. The fraction of sp³-hybridized carbons (Fsp3) is 0.294. The Morgan fingerprint density at radius 1 is 1.28 bits per heavy atom. The number of fused-ring (bicyclic) bond motifs is 2. The number of carboxylic acids is 1. The average Bonchev–Trinajstić information content (AvgIpc) is 3.21. The molecule has 25 heavy (non-hydrogen) atoms. The van der Waals surface area contributed by atoms with Gasteiger partial charge >= 0.3 is 5.97 Å². The summed E-state index contributed by atoms with van der Waals surface area (Å²) in [6, 6.07) is 9.40. The molecule has 0 saturated heterocycles. The highest BCUT2D eigenvalue weighted by Crippen LogP contribution is 2.23. The third kappa shape index (κ3) is 3.00. The normalized spacial score (nSPS) is 14.1. The van der Waals surface area contributed by atoms with Gasteiger partial charge in [0.25, 0.3) is 5.91 Å². The van der Waals surface area contributed by atoms with E-state index < -0.39 is 5.97 Å². The van der Waals surface area contributed by atoms with Gasteiger partial charge in [-0.2, -0.15) is 5.10 Å². The smallest absolute Gasteiger partial charge is 0.356 e. The molecule has 0 fully saturated rings. The summed E-state index contributed by atoms with van der Waals surface area (Å²) < 4.78 is 2.66. The molecule has 2 aromatic heterocycles. The molecule has 1 amide bonds. The molecule has 0 atom stereocenters. The minimum Gasteiger partial charge on any atom is -0.476 e. The van der Waals surface area contributed by atoms with Crippen molar-refractivity contribution in [2.45, 2.75) is 19.4 Å². The molecule has 128 valence electrons. The summed E-state index contributed by atoms with van der Waals surface area (Å²) in [6.07, 6.45) is 1.65. The van der Waals surface area contributed by atoms with E-state index in [0.717, 1.165) is 23.4 Å². The molecule has 0 bridgehead atoms. The van der Waals surface area contributed by atoms with E-state index in [4.69, 9.17) is 5.11 Å². The van der Waals surface area contributed by atoms with Crippen molar-refractivity contribution in [3.63, 3.8) is 0 Å².